The van der Waals surface area contributed by atoms with E-state index < -0.39 is 5.41 Å². The van der Waals surface area contributed by atoms with Gasteiger partial charge in [-0.3, -0.25) is 14.6 Å². The number of hydrogen-bond donors (Lipinski definition) is 2. The van der Waals surface area contributed by atoms with Gasteiger partial charge >= 0.3 is 0 Å². The molecule has 0 spiro atoms. The maximum absolute atomic E-state index is 13.1. The second kappa shape index (κ2) is 8.88. The zero-order valence-electron chi connectivity index (χ0n) is 18.1. The number of hydrogen-bond acceptors (Lipinski definition) is 3. The number of rotatable bonds is 6. The highest BCUT2D eigenvalue weighted by molar-refractivity contribution is 6.31. The van der Waals surface area contributed by atoms with Crippen molar-refractivity contribution in [2.45, 2.75) is 19.3 Å². The molecular weight excluding hydrogens is 453 g/mol. The summed E-state index contributed by atoms with van der Waals surface area (Å²) in [4.78, 5) is 30.0. The lowest BCUT2D eigenvalue weighted by atomic mass is 10.0. The number of fused-ring (bicyclic) bond motifs is 1. The zero-order chi connectivity index (χ0) is 23.7. The zero-order valence-corrected chi connectivity index (χ0v) is 18.9. The Bertz CT molecular complexity index is 1380. The molecule has 0 radical (unpaired) electrons. The van der Waals surface area contributed by atoms with Crippen molar-refractivity contribution in [3.8, 4) is 0 Å². The van der Waals surface area contributed by atoms with Crippen LogP contribution in [0.2, 0.25) is 5.02 Å². The number of aromatic nitrogens is 1. The Morgan fingerprint density at radius 1 is 0.882 bits per heavy atom. The number of carbonyl (C=O) groups is 2. The maximum Gasteiger partial charge on any atom is 0.240 e. The molecule has 5 nitrogen and oxygen atoms in total. The largest absolute Gasteiger partial charge is 0.325 e. The monoisotopic (exact) mass is 473 g/mol. The number of anilines is 2. The fourth-order valence-corrected chi connectivity index (χ4v) is 4.14. The molecule has 0 aliphatic heterocycles. The summed E-state index contributed by atoms with van der Waals surface area (Å²) in [5, 5.41) is 7.27. The lowest BCUT2D eigenvalue weighted by molar-refractivity contribution is -0.131. The molecule has 3 aromatic carbocycles. The van der Waals surface area contributed by atoms with Gasteiger partial charge in [-0.25, -0.2) is 4.39 Å². The van der Waals surface area contributed by atoms with Crippen molar-refractivity contribution in [2.24, 2.45) is 5.41 Å². The van der Waals surface area contributed by atoms with Gasteiger partial charge in [-0.05, 0) is 85.0 Å². The van der Waals surface area contributed by atoms with Gasteiger partial charge in [-0.1, -0.05) is 29.8 Å². The molecule has 7 heteroatoms. The predicted molar refractivity (Wildman–Crippen MR) is 131 cm³/mol. The summed E-state index contributed by atoms with van der Waals surface area (Å²) in [5.74, 6) is -1.10. The molecular formula is C27H21ClFN3O2. The van der Waals surface area contributed by atoms with E-state index in [1.165, 1.54) is 24.3 Å². The van der Waals surface area contributed by atoms with Gasteiger partial charge in [0.05, 0.1) is 5.52 Å². The predicted octanol–water partition coefficient (Wildman–Crippen LogP) is 5.98. The van der Waals surface area contributed by atoms with E-state index in [2.05, 4.69) is 15.6 Å². The van der Waals surface area contributed by atoms with Gasteiger partial charge in [-0.2, -0.15) is 0 Å². The van der Waals surface area contributed by atoms with Gasteiger partial charge in [0.25, 0.3) is 0 Å². The molecule has 5 rings (SSSR count). The second-order valence-corrected chi connectivity index (χ2v) is 8.94. The van der Waals surface area contributed by atoms with Crippen LogP contribution in [0.4, 0.5) is 15.8 Å². The Morgan fingerprint density at radius 3 is 2.12 bits per heavy atom. The number of nitrogens with one attached hydrogen (secondary N) is 2. The van der Waals surface area contributed by atoms with Crippen LogP contribution < -0.4 is 10.6 Å². The minimum absolute atomic E-state index is 0.336. The van der Waals surface area contributed by atoms with Crippen LogP contribution in [0.15, 0.2) is 79.0 Å². The topological polar surface area (TPSA) is 71.1 Å². The standard InChI is InChI=1S/C27H21ClFN3O2/c28-19-3-10-23-18(11-14-30-24(23)16-19)15-17-1-6-21(7-2-17)31-25(33)27(12-13-27)26(34)32-22-8-4-20(29)5-9-22/h1-11,14,16H,12-13,15H2,(H,31,33)(H,32,34). The van der Waals surface area contributed by atoms with Crippen molar-refractivity contribution in [3.05, 3.63) is 101 Å². The Morgan fingerprint density at radius 2 is 1.50 bits per heavy atom. The van der Waals surface area contributed by atoms with E-state index in [1.807, 2.05) is 48.5 Å². The number of amides is 2. The van der Waals surface area contributed by atoms with Crippen LogP contribution >= 0.6 is 11.6 Å². The van der Waals surface area contributed by atoms with Gasteiger partial charge < -0.3 is 10.6 Å². The van der Waals surface area contributed by atoms with E-state index in [1.54, 1.807) is 6.20 Å². The third-order valence-corrected chi connectivity index (χ3v) is 6.36. The minimum Gasteiger partial charge on any atom is -0.325 e. The van der Waals surface area contributed by atoms with Crippen molar-refractivity contribution in [1.82, 2.24) is 4.98 Å². The molecule has 34 heavy (non-hydrogen) atoms. The summed E-state index contributed by atoms with van der Waals surface area (Å²) in [6.45, 7) is 0. The molecule has 1 saturated carbocycles. The number of benzene rings is 3. The van der Waals surface area contributed by atoms with Crippen molar-refractivity contribution in [2.75, 3.05) is 10.6 Å². The van der Waals surface area contributed by atoms with E-state index in [0.29, 0.717) is 35.7 Å². The van der Waals surface area contributed by atoms with Crippen LogP contribution in [-0.2, 0) is 16.0 Å². The molecule has 1 aliphatic carbocycles. The van der Waals surface area contributed by atoms with Crippen LogP contribution in [0.3, 0.4) is 0 Å². The van der Waals surface area contributed by atoms with E-state index in [9.17, 15) is 14.0 Å². The van der Waals surface area contributed by atoms with Crippen molar-refractivity contribution in [1.29, 1.82) is 0 Å². The smallest absolute Gasteiger partial charge is 0.240 e. The molecule has 0 unspecified atom stereocenters. The molecule has 170 valence electrons. The number of carbonyl (C=O) groups excluding carboxylic acids is 2. The molecule has 0 bridgehead atoms. The highest BCUT2D eigenvalue weighted by Gasteiger charge is 2.56. The normalized spacial score (nSPS) is 13.9. The molecule has 2 amide bonds. The van der Waals surface area contributed by atoms with Crippen LogP contribution in [0, 0.1) is 11.2 Å². The molecule has 1 fully saturated rings. The molecule has 0 saturated heterocycles. The fraction of sp³-hybridized carbons (Fsp3) is 0.148. The third-order valence-electron chi connectivity index (χ3n) is 6.12. The Labute approximate surface area is 201 Å². The molecule has 0 atom stereocenters. The summed E-state index contributed by atoms with van der Waals surface area (Å²) >= 11 is 6.08. The summed E-state index contributed by atoms with van der Waals surface area (Å²) in [6.07, 6.45) is 3.43. The average molecular weight is 474 g/mol. The molecule has 4 aromatic rings. The molecule has 1 aliphatic rings. The van der Waals surface area contributed by atoms with Gasteiger partial charge in [-0.15, -0.1) is 0 Å². The van der Waals surface area contributed by atoms with E-state index in [-0.39, 0.29) is 17.6 Å². The first-order chi connectivity index (χ1) is 16.4. The summed E-state index contributed by atoms with van der Waals surface area (Å²) in [6, 6.07) is 20.7. The van der Waals surface area contributed by atoms with Crippen molar-refractivity contribution < 1.29 is 14.0 Å². The van der Waals surface area contributed by atoms with Gasteiger partial charge in [0, 0.05) is 28.0 Å². The van der Waals surface area contributed by atoms with Crippen molar-refractivity contribution >= 4 is 45.7 Å². The average Bonchev–Trinajstić information content (AvgIpc) is 3.64. The summed E-state index contributed by atoms with van der Waals surface area (Å²) in [5.41, 5.74) is 3.05. The first-order valence-corrected chi connectivity index (χ1v) is 11.3. The Kier molecular flexibility index (Phi) is 5.75. The molecule has 1 heterocycles. The van der Waals surface area contributed by atoms with Crippen LogP contribution in [-0.4, -0.2) is 16.8 Å². The summed E-state index contributed by atoms with van der Waals surface area (Å²) < 4.78 is 13.1. The lowest BCUT2D eigenvalue weighted by Gasteiger charge is -2.16. The van der Waals surface area contributed by atoms with Crippen LogP contribution in [0.1, 0.15) is 24.0 Å². The van der Waals surface area contributed by atoms with E-state index in [0.717, 1.165) is 22.0 Å². The third kappa shape index (κ3) is 4.50. The first-order valence-electron chi connectivity index (χ1n) is 10.9. The molecule has 2 N–H and O–H groups in total. The van der Waals surface area contributed by atoms with Gasteiger partial charge in [0.15, 0.2) is 0 Å². The SMILES string of the molecule is O=C(Nc1ccc(F)cc1)C1(C(=O)Nc2ccc(Cc3ccnc4cc(Cl)ccc34)cc2)CC1. The highest BCUT2D eigenvalue weighted by Crippen LogP contribution is 2.47. The fourth-order valence-electron chi connectivity index (χ4n) is 3.98. The quantitative estimate of drug-likeness (QED) is 0.339. The first kappa shape index (κ1) is 22.0. The van der Waals surface area contributed by atoms with E-state index in [4.69, 9.17) is 11.6 Å². The number of halogens is 2. The molecule has 1 aromatic heterocycles. The Hall–Kier alpha value is -3.77. The summed E-state index contributed by atoms with van der Waals surface area (Å²) in [7, 11) is 0. The van der Waals surface area contributed by atoms with Gasteiger partial charge in [0.2, 0.25) is 11.8 Å². The van der Waals surface area contributed by atoms with E-state index >= 15 is 0 Å². The number of nitrogens with zero attached hydrogens (tertiary/aromatic N) is 1. The second-order valence-electron chi connectivity index (χ2n) is 8.50. The van der Waals surface area contributed by atoms with Crippen LogP contribution in [0.25, 0.3) is 10.9 Å². The highest BCUT2D eigenvalue weighted by atomic mass is 35.5. The number of pyridine rings is 1. The maximum atomic E-state index is 13.1. The minimum atomic E-state index is -1.09. The lowest BCUT2D eigenvalue weighted by Crippen LogP contribution is -2.35. The Balaban J connectivity index is 1.25. The van der Waals surface area contributed by atoms with Gasteiger partial charge in [0.1, 0.15) is 11.2 Å². The van der Waals surface area contributed by atoms with Crippen molar-refractivity contribution in [3.63, 3.8) is 0 Å². The van der Waals surface area contributed by atoms with Crippen LogP contribution in [0.5, 0.6) is 0 Å².